The topological polar surface area (TPSA) is 96.2 Å². The lowest BCUT2D eigenvalue weighted by Crippen LogP contribution is -2.53. The number of amides is 1. The highest BCUT2D eigenvalue weighted by Gasteiger charge is 2.39. The second-order valence-corrected chi connectivity index (χ2v) is 7.04. The summed E-state index contributed by atoms with van der Waals surface area (Å²) in [4.78, 5) is 24.3. The monoisotopic (exact) mass is 334 g/mol. The maximum Gasteiger partial charge on any atom is 0.267 e. The van der Waals surface area contributed by atoms with Gasteiger partial charge in [0.2, 0.25) is 5.91 Å². The molecule has 1 atom stereocenters. The molecule has 1 saturated heterocycles. The second kappa shape index (κ2) is 7.44. The number of hydrogen-bond acceptors (Lipinski definition) is 5. The highest BCUT2D eigenvalue weighted by atomic mass is 16.3. The van der Waals surface area contributed by atoms with Crippen LogP contribution in [0.4, 0.5) is 0 Å². The normalized spacial score (nSPS) is 25.8. The van der Waals surface area contributed by atoms with Gasteiger partial charge in [0.1, 0.15) is 6.54 Å². The fourth-order valence-electron chi connectivity index (χ4n) is 3.78. The lowest BCUT2D eigenvalue weighted by Gasteiger charge is -2.43. The fraction of sp³-hybridized carbons (Fsp3) is 0.706. The van der Waals surface area contributed by atoms with Gasteiger partial charge in [-0.2, -0.15) is 5.10 Å². The summed E-state index contributed by atoms with van der Waals surface area (Å²) in [6, 6.07) is 3.15. The molecule has 0 aromatic carbocycles. The summed E-state index contributed by atoms with van der Waals surface area (Å²) in [6.45, 7) is 3.66. The van der Waals surface area contributed by atoms with Gasteiger partial charge in [0.15, 0.2) is 0 Å². The summed E-state index contributed by atoms with van der Waals surface area (Å²) in [7, 11) is 0. The molecule has 1 aliphatic heterocycles. The van der Waals surface area contributed by atoms with Crippen LogP contribution in [0.15, 0.2) is 16.9 Å². The fourth-order valence-corrected chi connectivity index (χ4v) is 3.78. The number of nitrogens with zero attached hydrogens (tertiary/aromatic N) is 2. The van der Waals surface area contributed by atoms with Gasteiger partial charge in [-0.15, -0.1) is 0 Å². The van der Waals surface area contributed by atoms with Crippen molar-refractivity contribution in [3.05, 3.63) is 28.2 Å². The minimum Gasteiger partial charge on any atom is -0.393 e. The van der Waals surface area contributed by atoms with Crippen molar-refractivity contribution in [2.24, 2.45) is 11.8 Å². The van der Waals surface area contributed by atoms with E-state index in [-0.39, 0.29) is 30.2 Å². The lowest BCUT2D eigenvalue weighted by molar-refractivity contribution is -0.124. The number of hydrogen-bond donors (Lipinski definition) is 3. The number of aliphatic hydroxyl groups excluding tert-OH is 1. The van der Waals surface area contributed by atoms with E-state index in [1.165, 1.54) is 10.7 Å². The van der Waals surface area contributed by atoms with Crippen molar-refractivity contribution in [1.82, 2.24) is 20.4 Å². The van der Waals surface area contributed by atoms with E-state index in [2.05, 4.69) is 15.7 Å². The van der Waals surface area contributed by atoms with Crippen molar-refractivity contribution in [2.75, 3.05) is 13.1 Å². The van der Waals surface area contributed by atoms with Crippen molar-refractivity contribution in [3.8, 4) is 0 Å². The summed E-state index contributed by atoms with van der Waals surface area (Å²) >= 11 is 0. The Morgan fingerprint density at radius 2 is 2.08 bits per heavy atom. The molecule has 0 radical (unpaired) electrons. The summed E-state index contributed by atoms with van der Waals surface area (Å²) in [5.41, 5.74) is 0.438. The molecule has 132 valence electrons. The van der Waals surface area contributed by atoms with Crippen molar-refractivity contribution in [2.45, 2.75) is 51.3 Å². The Morgan fingerprint density at radius 3 is 2.75 bits per heavy atom. The number of carbonyl (C=O) groups is 1. The molecule has 1 unspecified atom stereocenters. The first-order valence-corrected chi connectivity index (χ1v) is 8.76. The Balaban J connectivity index is 1.66. The molecule has 2 heterocycles. The van der Waals surface area contributed by atoms with Gasteiger partial charge >= 0.3 is 0 Å². The third-order valence-electron chi connectivity index (χ3n) is 5.17. The predicted octanol–water partition coefficient (Wildman–Crippen LogP) is -0.193. The van der Waals surface area contributed by atoms with Crippen LogP contribution in [0.25, 0.3) is 0 Å². The molecule has 1 aromatic rings. The van der Waals surface area contributed by atoms with Crippen molar-refractivity contribution >= 4 is 5.91 Å². The van der Waals surface area contributed by atoms with E-state index in [0.717, 1.165) is 38.8 Å². The molecular weight excluding hydrogens is 308 g/mol. The molecule has 1 aliphatic carbocycles. The number of aryl methyl sites for hydroxylation is 1. The maximum atomic E-state index is 12.5. The summed E-state index contributed by atoms with van der Waals surface area (Å²) in [6.07, 6.45) is 3.31. The van der Waals surface area contributed by atoms with Gasteiger partial charge in [0.05, 0.1) is 11.8 Å². The Kier molecular flexibility index (Phi) is 5.30. The first-order valence-electron chi connectivity index (χ1n) is 8.76. The van der Waals surface area contributed by atoms with Crippen LogP contribution in [0.3, 0.4) is 0 Å². The molecular formula is C17H26N4O3. The number of nitrogens with one attached hydrogen (secondary N) is 2. The van der Waals surface area contributed by atoms with Crippen LogP contribution in [0.2, 0.25) is 0 Å². The molecule has 3 rings (SSSR count). The van der Waals surface area contributed by atoms with Crippen LogP contribution in [0.5, 0.6) is 0 Å². The quantitative estimate of drug-likeness (QED) is 0.693. The van der Waals surface area contributed by atoms with Gasteiger partial charge in [-0.3, -0.25) is 9.59 Å². The number of aromatic nitrogens is 2. The van der Waals surface area contributed by atoms with Gasteiger partial charge in [-0.05, 0) is 63.6 Å². The van der Waals surface area contributed by atoms with E-state index in [1.54, 1.807) is 13.0 Å². The third kappa shape index (κ3) is 4.02. The number of carbonyl (C=O) groups excluding carboxylic acids is 1. The number of aliphatic hydroxyl groups is 1. The van der Waals surface area contributed by atoms with E-state index in [4.69, 9.17) is 0 Å². The maximum absolute atomic E-state index is 12.5. The molecule has 7 heteroatoms. The average Bonchev–Trinajstić information content (AvgIpc) is 2.54. The van der Waals surface area contributed by atoms with Gasteiger partial charge in [0, 0.05) is 12.1 Å². The van der Waals surface area contributed by atoms with E-state index in [0.29, 0.717) is 17.5 Å². The Labute approximate surface area is 141 Å². The van der Waals surface area contributed by atoms with E-state index < -0.39 is 0 Å². The van der Waals surface area contributed by atoms with Gasteiger partial charge in [0.25, 0.3) is 5.56 Å². The van der Waals surface area contributed by atoms with Crippen LogP contribution in [-0.4, -0.2) is 46.0 Å². The standard InChI is InChI=1S/C17H26N4O3/c1-11-2-3-16(24)21(20-11)10-15(23)19-17(13-8-14(22)9-13)12-4-6-18-7-5-12/h2-3,12-14,17-18,22H,4-10H2,1H3,(H,19,23). The molecule has 7 nitrogen and oxygen atoms in total. The predicted molar refractivity (Wildman–Crippen MR) is 89.5 cm³/mol. The molecule has 1 amide bonds. The van der Waals surface area contributed by atoms with E-state index in [9.17, 15) is 14.7 Å². The summed E-state index contributed by atoms with van der Waals surface area (Å²) < 4.78 is 1.21. The molecule has 1 saturated carbocycles. The van der Waals surface area contributed by atoms with Crippen LogP contribution < -0.4 is 16.2 Å². The minimum absolute atomic E-state index is 0.0583. The largest absolute Gasteiger partial charge is 0.393 e. The zero-order valence-electron chi connectivity index (χ0n) is 14.1. The SMILES string of the molecule is Cc1ccc(=O)n(CC(=O)NC(C2CCNCC2)C2CC(O)C2)n1. The summed E-state index contributed by atoms with van der Waals surface area (Å²) in [5.74, 6) is 0.573. The molecule has 0 spiro atoms. The lowest BCUT2D eigenvalue weighted by atomic mass is 9.71. The molecule has 1 aromatic heterocycles. The molecule has 24 heavy (non-hydrogen) atoms. The Bertz CT molecular complexity index is 633. The first-order chi connectivity index (χ1) is 11.5. The number of piperidine rings is 1. The van der Waals surface area contributed by atoms with Crippen LogP contribution in [0, 0.1) is 18.8 Å². The minimum atomic E-state index is -0.270. The van der Waals surface area contributed by atoms with Crippen LogP contribution in [-0.2, 0) is 11.3 Å². The Morgan fingerprint density at radius 1 is 1.38 bits per heavy atom. The second-order valence-electron chi connectivity index (χ2n) is 7.04. The average molecular weight is 334 g/mol. The van der Waals surface area contributed by atoms with Gasteiger partial charge in [-0.1, -0.05) is 0 Å². The van der Waals surface area contributed by atoms with Gasteiger partial charge in [-0.25, -0.2) is 4.68 Å². The zero-order chi connectivity index (χ0) is 17.1. The van der Waals surface area contributed by atoms with Crippen LogP contribution in [0.1, 0.15) is 31.4 Å². The van der Waals surface area contributed by atoms with Crippen molar-refractivity contribution in [1.29, 1.82) is 0 Å². The molecule has 2 aliphatic rings. The van der Waals surface area contributed by atoms with Crippen molar-refractivity contribution < 1.29 is 9.90 Å². The van der Waals surface area contributed by atoms with Crippen LogP contribution >= 0.6 is 0 Å². The van der Waals surface area contributed by atoms with Gasteiger partial charge < -0.3 is 15.7 Å². The first kappa shape index (κ1) is 17.1. The molecule has 0 bridgehead atoms. The smallest absolute Gasteiger partial charge is 0.267 e. The zero-order valence-corrected chi connectivity index (χ0v) is 14.1. The summed E-state index contributed by atoms with van der Waals surface area (Å²) in [5, 5.41) is 20.2. The highest BCUT2D eigenvalue weighted by molar-refractivity contribution is 5.76. The highest BCUT2D eigenvalue weighted by Crippen LogP contribution is 2.35. The third-order valence-corrected chi connectivity index (χ3v) is 5.17. The number of rotatable bonds is 5. The van der Waals surface area contributed by atoms with Crippen molar-refractivity contribution in [3.63, 3.8) is 0 Å². The Hall–Kier alpha value is -1.73. The molecule has 2 fully saturated rings. The van der Waals surface area contributed by atoms with E-state index >= 15 is 0 Å². The molecule has 3 N–H and O–H groups in total. The van der Waals surface area contributed by atoms with E-state index in [1.807, 2.05) is 0 Å².